The number of hydrogen-bond donors (Lipinski definition) is 1. The lowest BCUT2D eigenvalue weighted by Crippen LogP contribution is -2.36. The van der Waals surface area contributed by atoms with Gasteiger partial charge in [0, 0.05) is 17.6 Å². The lowest BCUT2D eigenvalue weighted by atomic mass is 10.2. The number of aromatic nitrogens is 2. The van der Waals surface area contributed by atoms with Crippen molar-refractivity contribution in [2.45, 2.75) is 39.8 Å². The van der Waals surface area contributed by atoms with Gasteiger partial charge in [-0.05, 0) is 45.9 Å². The number of amides is 1. The van der Waals surface area contributed by atoms with E-state index >= 15 is 0 Å². The Balaban J connectivity index is 2.20. The molecule has 0 aliphatic heterocycles. The summed E-state index contributed by atoms with van der Waals surface area (Å²) < 4.78 is 7.65. The molecule has 0 fully saturated rings. The molecule has 1 aromatic heterocycles. The second kappa shape index (κ2) is 6.70. The third-order valence-corrected chi connectivity index (χ3v) is 3.57. The number of nitrogens with one attached hydrogen (secondary N) is 1. The maximum absolute atomic E-state index is 12.3. The van der Waals surface area contributed by atoms with Crippen LogP contribution >= 0.6 is 15.9 Å². The Bertz CT molecular complexity index is 793. The molecule has 0 radical (unpaired) electrons. The molecule has 6 nitrogen and oxygen atoms in total. The largest absolute Gasteiger partial charge is 0.444 e. The van der Waals surface area contributed by atoms with Crippen LogP contribution in [0, 0.1) is 6.92 Å². The van der Waals surface area contributed by atoms with E-state index in [-0.39, 0.29) is 5.56 Å². The number of fused-ring (bicyclic) bond motifs is 1. The highest BCUT2D eigenvalue weighted by Crippen LogP contribution is 2.17. The fourth-order valence-corrected chi connectivity index (χ4v) is 2.50. The van der Waals surface area contributed by atoms with Crippen LogP contribution in [0.15, 0.2) is 27.5 Å². The Morgan fingerprint density at radius 2 is 2.09 bits per heavy atom. The Morgan fingerprint density at radius 1 is 1.39 bits per heavy atom. The van der Waals surface area contributed by atoms with Gasteiger partial charge in [-0.15, -0.1) is 0 Å². The van der Waals surface area contributed by atoms with E-state index in [1.54, 1.807) is 32.3 Å². The summed E-state index contributed by atoms with van der Waals surface area (Å²) in [6.07, 6.45) is -0.498. The summed E-state index contributed by atoms with van der Waals surface area (Å²) in [5.74, 6) is 0. The van der Waals surface area contributed by atoms with Gasteiger partial charge in [0.2, 0.25) is 0 Å². The van der Waals surface area contributed by atoms with Crippen LogP contribution in [-0.4, -0.2) is 27.8 Å². The monoisotopic (exact) mass is 381 g/mol. The van der Waals surface area contributed by atoms with Crippen molar-refractivity contribution in [3.05, 3.63) is 38.7 Å². The third kappa shape index (κ3) is 4.54. The molecular formula is C16H20BrN3O3. The van der Waals surface area contributed by atoms with Crippen LogP contribution < -0.4 is 10.9 Å². The smallest absolute Gasteiger partial charge is 0.407 e. The van der Waals surface area contributed by atoms with Crippen LogP contribution in [0.2, 0.25) is 0 Å². The number of carbonyl (C=O) groups excluding carboxylic acids is 1. The Morgan fingerprint density at radius 3 is 2.74 bits per heavy atom. The van der Waals surface area contributed by atoms with Crippen LogP contribution in [0.4, 0.5) is 4.79 Å². The van der Waals surface area contributed by atoms with Crippen molar-refractivity contribution in [2.24, 2.45) is 0 Å². The molecule has 23 heavy (non-hydrogen) atoms. The molecule has 0 spiro atoms. The van der Waals surface area contributed by atoms with E-state index in [1.807, 2.05) is 18.2 Å². The van der Waals surface area contributed by atoms with Gasteiger partial charge < -0.3 is 14.6 Å². The van der Waals surface area contributed by atoms with Gasteiger partial charge in [-0.2, -0.15) is 0 Å². The van der Waals surface area contributed by atoms with Gasteiger partial charge in [-0.25, -0.2) is 9.78 Å². The van der Waals surface area contributed by atoms with E-state index < -0.39 is 11.7 Å². The average Bonchev–Trinajstić information content (AvgIpc) is 2.42. The number of nitrogens with zero attached hydrogens (tertiary/aromatic N) is 2. The lowest BCUT2D eigenvalue weighted by Gasteiger charge is -2.20. The van der Waals surface area contributed by atoms with Gasteiger partial charge in [0.15, 0.2) is 0 Å². The van der Waals surface area contributed by atoms with Crippen molar-refractivity contribution >= 4 is 33.1 Å². The molecule has 1 aromatic carbocycles. The average molecular weight is 382 g/mol. The lowest BCUT2D eigenvalue weighted by molar-refractivity contribution is 0.0526. The highest BCUT2D eigenvalue weighted by atomic mass is 79.9. The van der Waals surface area contributed by atoms with Gasteiger partial charge in [-0.1, -0.05) is 15.9 Å². The molecule has 0 unspecified atom stereocenters. The summed E-state index contributed by atoms with van der Waals surface area (Å²) in [5, 5.41) is 2.66. The van der Waals surface area contributed by atoms with Crippen LogP contribution in [0.5, 0.6) is 0 Å². The van der Waals surface area contributed by atoms with Crippen molar-refractivity contribution in [2.75, 3.05) is 6.54 Å². The fourth-order valence-electron chi connectivity index (χ4n) is 2.15. The number of aryl methyl sites for hydroxylation is 1. The summed E-state index contributed by atoms with van der Waals surface area (Å²) in [7, 11) is 0. The zero-order valence-electron chi connectivity index (χ0n) is 13.6. The maximum Gasteiger partial charge on any atom is 0.407 e. The van der Waals surface area contributed by atoms with Crippen molar-refractivity contribution in [3.8, 4) is 0 Å². The maximum atomic E-state index is 12.3. The first-order valence-electron chi connectivity index (χ1n) is 7.31. The molecule has 7 heteroatoms. The summed E-state index contributed by atoms with van der Waals surface area (Å²) in [6, 6.07) is 5.57. The molecule has 1 heterocycles. The fraction of sp³-hybridized carbons (Fsp3) is 0.438. The van der Waals surface area contributed by atoms with E-state index in [2.05, 4.69) is 26.2 Å². The Hall–Kier alpha value is -1.89. The highest BCUT2D eigenvalue weighted by Gasteiger charge is 2.16. The van der Waals surface area contributed by atoms with E-state index in [9.17, 15) is 9.59 Å². The normalized spacial score (nSPS) is 11.5. The third-order valence-electron chi connectivity index (χ3n) is 3.07. The molecule has 0 saturated carbocycles. The molecule has 0 aliphatic carbocycles. The predicted octanol–water partition coefficient (Wildman–Crippen LogP) is 2.99. The number of rotatable bonds is 3. The first-order valence-corrected chi connectivity index (χ1v) is 8.10. The molecule has 0 atom stereocenters. The van der Waals surface area contributed by atoms with Crippen LogP contribution in [0.25, 0.3) is 11.0 Å². The highest BCUT2D eigenvalue weighted by molar-refractivity contribution is 9.10. The van der Waals surface area contributed by atoms with E-state index in [1.165, 1.54) is 0 Å². The topological polar surface area (TPSA) is 73.2 Å². The SMILES string of the molecule is Cc1nc2ccc(Br)cc2n(CCNC(=O)OC(C)(C)C)c1=O. The summed E-state index contributed by atoms with van der Waals surface area (Å²) in [6.45, 7) is 7.72. The molecule has 0 aliphatic rings. The minimum Gasteiger partial charge on any atom is -0.444 e. The number of ether oxygens (including phenoxy) is 1. The van der Waals surface area contributed by atoms with Crippen LogP contribution in [0.3, 0.4) is 0 Å². The number of benzene rings is 1. The Kier molecular flexibility index (Phi) is 5.09. The molecule has 2 aromatic rings. The van der Waals surface area contributed by atoms with Gasteiger partial charge in [0.25, 0.3) is 5.56 Å². The number of hydrogen-bond acceptors (Lipinski definition) is 4. The molecule has 0 saturated heterocycles. The Labute approximate surface area is 143 Å². The zero-order chi connectivity index (χ0) is 17.2. The number of alkyl carbamates (subject to hydrolysis) is 1. The molecule has 124 valence electrons. The van der Waals surface area contributed by atoms with Gasteiger partial charge in [-0.3, -0.25) is 4.79 Å². The predicted molar refractivity (Wildman–Crippen MR) is 92.7 cm³/mol. The molecular weight excluding hydrogens is 362 g/mol. The van der Waals surface area contributed by atoms with Crippen LogP contribution in [-0.2, 0) is 11.3 Å². The van der Waals surface area contributed by atoms with Gasteiger partial charge >= 0.3 is 6.09 Å². The minimum absolute atomic E-state index is 0.165. The standard InChI is InChI=1S/C16H20BrN3O3/c1-10-14(21)20(8-7-18-15(22)23-16(2,3)4)13-9-11(17)5-6-12(13)19-10/h5-6,9H,7-8H2,1-4H3,(H,18,22). The molecule has 1 N–H and O–H groups in total. The van der Waals surface area contributed by atoms with E-state index in [0.29, 0.717) is 18.8 Å². The first-order chi connectivity index (χ1) is 10.7. The molecule has 2 rings (SSSR count). The van der Waals surface area contributed by atoms with Crippen molar-refractivity contribution in [3.63, 3.8) is 0 Å². The quantitative estimate of drug-likeness (QED) is 0.886. The number of halogens is 1. The van der Waals surface area contributed by atoms with Crippen molar-refractivity contribution in [1.82, 2.24) is 14.9 Å². The summed E-state index contributed by atoms with van der Waals surface area (Å²) in [4.78, 5) is 28.3. The zero-order valence-corrected chi connectivity index (χ0v) is 15.2. The van der Waals surface area contributed by atoms with E-state index in [4.69, 9.17) is 4.74 Å². The van der Waals surface area contributed by atoms with Crippen LogP contribution in [0.1, 0.15) is 26.5 Å². The second-order valence-electron chi connectivity index (χ2n) is 6.22. The van der Waals surface area contributed by atoms with Crippen molar-refractivity contribution in [1.29, 1.82) is 0 Å². The molecule has 0 bridgehead atoms. The second-order valence-corrected chi connectivity index (χ2v) is 7.13. The van der Waals surface area contributed by atoms with E-state index in [0.717, 1.165) is 15.5 Å². The number of carbonyl (C=O) groups is 1. The first kappa shape index (κ1) is 17.5. The van der Waals surface area contributed by atoms with Crippen molar-refractivity contribution < 1.29 is 9.53 Å². The summed E-state index contributed by atoms with van der Waals surface area (Å²) >= 11 is 3.40. The van der Waals surface area contributed by atoms with Gasteiger partial charge in [0.1, 0.15) is 11.3 Å². The molecule has 1 amide bonds. The van der Waals surface area contributed by atoms with Gasteiger partial charge in [0.05, 0.1) is 11.0 Å². The minimum atomic E-state index is -0.550. The summed E-state index contributed by atoms with van der Waals surface area (Å²) in [5.41, 5.74) is 1.17.